The lowest BCUT2D eigenvalue weighted by Crippen LogP contribution is -2.41. The van der Waals surface area contributed by atoms with E-state index in [1.165, 1.54) is 4.57 Å². The minimum atomic E-state index is -1.02. The zero-order chi connectivity index (χ0) is 26.4. The van der Waals surface area contributed by atoms with Crippen LogP contribution in [0.15, 0.2) is 65.6 Å². The Kier molecular flexibility index (Phi) is 9.10. The molecule has 1 amide bonds. The number of nitrogens with zero attached hydrogens (tertiary/aromatic N) is 1. The molecular weight excluding hydrogens is 476 g/mol. The summed E-state index contributed by atoms with van der Waals surface area (Å²) in [5, 5.41) is 13.0. The van der Waals surface area contributed by atoms with Gasteiger partial charge in [0.05, 0.1) is 12.5 Å². The van der Waals surface area contributed by atoms with Crippen molar-refractivity contribution in [2.45, 2.75) is 59.0 Å². The number of hydrogen-bond donors (Lipinski definition) is 2. The molecule has 0 radical (unpaired) electrons. The first-order chi connectivity index (χ1) is 17.0. The number of rotatable bonds is 10. The van der Waals surface area contributed by atoms with Crippen molar-refractivity contribution < 1.29 is 14.7 Å². The third-order valence-electron chi connectivity index (χ3n) is 6.10. The molecule has 2 aromatic carbocycles. The summed E-state index contributed by atoms with van der Waals surface area (Å²) in [4.78, 5) is 38.8. The number of aliphatic carboxylic acids is 1. The van der Waals surface area contributed by atoms with Crippen molar-refractivity contribution in [1.82, 2.24) is 9.88 Å². The number of aromatic nitrogens is 1. The Morgan fingerprint density at radius 1 is 1.00 bits per heavy atom. The summed E-state index contributed by atoms with van der Waals surface area (Å²) < 4.78 is 1.49. The second-order valence-electron chi connectivity index (χ2n) is 9.74. The van der Waals surface area contributed by atoms with E-state index < -0.39 is 18.1 Å². The van der Waals surface area contributed by atoms with Gasteiger partial charge >= 0.3 is 5.97 Å². The molecule has 0 saturated carbocycles. The molecule has 0 saturated heterocycles. The van der Waals surface area contributed by atoms with Crippen LogP contribution in [0, 0.1) is 19.8 Å². The van der Waals surface area contributed by atoms with Crippen LogP contribution >= 0.6 is 11.6 Å². The van der Waals surface area contributed by atoms with Crippen molar-refractivity contribution in [2.24, 2.45) is 5.92 Å². The van der Waals surface area contributed by atoms with E-state index in [0.717, 1.165) is 16.7 Å². The van der Waals surface area contributed by atoms with Crippen molar-refractivity contribution in [3.63, 3.8) is 0 Å². The first-order valence-corrected chi connectivity index (χ1v) is 12.5. The molecule has 7 heteroatoms. The van der Waals surface area contributed by atoms with Gasteiger partial charge in [0.2, 0.25) is 5.91 Å². The normalized spacial score (nSPS) is 12.8. The van der Waals surface area contributed by atoms with Crippen LogP contribution in [0.25, 0.3) is 0 Å². The molecule has 2 N–H and O–H groups in total. The summed E-state index contributed by atoms with van der Waals surface area (Å²) in [6.07, 6.45) is 2.21. The lowest BCUT2D eigenvalue weighted by molar-refractivity contribution is -0.138. The van der Waals surface area contributed by atoms with Gasteiger partial charge in [-0.25, -0.2) is 0 Å². The molecule has 190 valence electrons. The molecule has 0 fully saturated rings. The maximum absolute atomic E-state index is 13.6. The number of pyridine rings is 1. The Bertz CT molecular complexity index is 1280. The number of aryl methyl sites for hydroxylation is 2. The van der Waals surface area contributed by atoms with Crippen molar-refractivity contribution in [1.29, 1.82) is 0 Å². The van der Waals surface area contributed by atoms with Crippen LogP contribution in [0.4, 0.5) is 0 Å². The zero-order valence-corrected chi connectivity index (χ0v) is 21.9. The second-order valence-corrected chi connectivity index (χ2v) is 10.1. The molecule has 0 aliphatic heterocycles. The van der Waals surface area contributed by atoms with Crippen LogP contribution in [0.2, 0.25) is 5.02 Å². The predicted molar refractivity (Wildman–Crippen MR) is 143 cm³/mol. The maximum Gasteiger partial charge on any atom is 0.305 e. The highest BCUT2D eigenvalue weighted by atomic mass is 35.5. The number of amides is 1. The fraction of sp³-hybridized carbons (Fsp3) is 0.345. The number of halogens is 1. The SMILES string of the molecule is Cc1ccc([C@H](CC(=O)O)NC(=O)[C@H](CC(C)C)n2cc(C)cc(Cc3ccccc3Cl)c2=O)cc1. The molecule has 3 aromatic rings. The average Bonchev–Trinajstić information content (AvgIpc) is 2.80. The van der Waals surface area contributed by atoms with Gasteiger partial charge in [-0.1, -0.05) is 73.5 Å². The topological polar surface area (TPSA) is 88.4 Å². The molecule has 2 atom stereocenters. The van der Waals surface area contributed by atoms with E-state index in [1.807, 2.05) is 76.2 Å². The molecule has 1 aromatic heterocycles. The van der Waals surface area contributed by atoms with Gasteiger partial charge in [-0.3, -0.25) is 14.4 Å². The summed E-state index contributed by atoms with van der Waals surface area (Å²) >= 11 is 6.33. The first-order valence-electron chi connectivity index (χ1n) is 12.1. The standard InChI is InChI=1S/C29H33ClN2O4/c1-18(2)13-26(28(35)31-25(16-27(33)34)21-11-9-19(3)10-12-21)32-17-20(4)14-23(29(32)36)15-22-7-5-6-8-24(22)30/h5-12,14,17-18,25-26H,13,15-16H2,1-4H3,(H,31,35)(H,33,34)/t25-,26-/m0/s1. The Balaban J connectivity index is 1.99. The van der Waals surface area contributed by atoms with E-state index in [4.69, 9.17) is 11.6 Å². The van der Waals surface area contributed by atoms with Gasteiger partial charge in [0, 0.05) is 23.2 Å². The molecule has 0 spiro atoms. The van der Waals surface area contributed by atoms with E-state index >= 15 is 0 Å². The molecule has 0 bridgehead atoms. The number of carboxylic acids is 1. The average molecular weight is 509 g/mol. The number of carboxylic acid groups (broad SMARTS) is 1. The van der Waals surface area contributed by atoms with Gasteiger partial charge in [0.15, 0.2) is 0 Å². The zero-order valence-electron chi connectivity index (χ0n) is 21.1. The van der Waals surface area contributed by atoms with Crippen LogP contribution in [0.5, 0.6) is 0 Å². The van der Waals surface area contributed by atoms with E-state index in [2.05, 4.69) is 5.32 Å². The first kappa shape index (κ1) is 27.2. The quantitative estimate of drug-likeness (QED) is 0.371. The van der Waals surface area contributed by atoms with E-state index in [9.17, 15) is 19.5 Å². The molecular formula is C29H33ClN2O4. The summed E-state index contributed by atoms with van der Waals surface area (Å²) in [5.74, 6) is -1.28. The maximum atomic E-state index is 13.6. The lowest BCUT2D eigenvalue weighted by atomic mass is 9.98. The van der Waals surface area contributed by atoms with Crippen molar-refractivity contribution in [3.8, 4) is 0 Å². The Labute approximate surface area is 216 Å². The summed E-state index contributed by atoms with van der Waals surface area (Å²) in [5.41, 5.74) is 3.71. The van der Waals surface area contributed by atoms with E-state index in [-0.39, 0.29) is 23.8 Å². The Morgan fingerprint density at radius 3 is 2.28 bits per heavy atom. The monoisotopic (exact) mass is 508 g/mol. The highest BCUT2D eigenvalue weighted by molar-refractivity contribution is 6.31. The lowest BCUT2D eigenvalue weighted by Gasteiger charge is -2.26. The van der Waals surface area contributed by atoms with Crippen molar-refractivity contribution >= 4 is 23.5 Å². The van der Waals surface area contributed by atoms with Gasteiger partial charge in [0.1, 0.15) is 6.04 Å². The fourth-order valence-electron chi connectivity index (χ4n) is 4.31. The summed E-state index contributed by atoms with van der Waals surface area (Å²) in [6.45, 7) is 7.80. The number of nitrogens with one attached hydrogen (secondary N) is 1. The van der Waals surface area contributed by atoms with Crippen LogP contribution in [0.1, 0.15) is 66.6 Å². The summed E-state index contributed by atoms with van der Waals surface area (Å²) in [6, 6.07) is 15.1. The van der Waals surface area contributed by atoms with Gasteiger partial charge in [-0.2, -0.15) is 0 Å². The second kappa shape index (κ2) is 12.0. The minimum Gasteiger partial charge on any atom is -0.481 e. The molecule has 3 rings (SSSR count). The number of carbonyl (C=O) groups excluding carboxylic acids is 1. The Morgan fingerprint density at radius 2 is 1.67 bits per heavy atom. The van der Waals surface area contributed by atoms with Gasteiger partial charge < -0.3 is 15.0 Å². The molecule has 0 aliphatic carbocycles. The predicted octanol–water partition coefficient (Wildman–Crippen LogP) is 5.63. The highest BCUT2D eigenvalue weighted by Crippen LogP contribution is 2.23. The van der Waals surface area contributed by atoms with Gasteiger partial charge in [0.25, 0.3) is 5.56 Å². The van der Waals surface area contributed by atoms with Gasteiger partial charge in [-0.15, -0.1) is 0 Å². The molecule has 1 heterocycles. The molecule has 0 aliphatic rings. The molecule has 36 heavy (non-hydrogen) atoms. The van der Waals surface area contributed by atoms with E-state index in [1.54, 1.807) is 12.3 Å². The van der Waals surface area contributed by atoms with Crippen molar-refractivity contribution in [2.75, 3.05) is 0 Å². The highest BCUT2D eigenvalue weighted by Gasteiger charge is 2.27. The third-order valence-corrected chi connectivity index (χ3v) is 6.47. The third kappa shape index (κ3) is 7.08. The minimum absolute atomic E-state index is 0.123. The van der Waals surface area contributed by atoms with E-state index in [0.29, 0.717) is 29.0 Å². The van der Waals surface area contributed by atoms with Crippen LogP contribution < -0.4 is 10.9 Å². The van der Waals surface area contributed by atoms with Gasteiger partial charge in [-0.05, 0) is 55.0 Å². The van der Waals surface area contributed by atoms with Crippen LogP contribution in [-0.2, 0) is 16.0 Å². The Hall–Kier alpha value is -3.38. The smallest absolute Gasteiger partial charge is 0.305 e. The van der Waals surface area contributed by atoms with Crippen LogP contribution in [0.3, 0.4) is 0 Å². The fourth-order valence-corrected chi connectivity index (χ4v) is 4.51. The summed E-state index contributed by atoms with van der Waals surface area (Å²) in [7, 11) is 0. The van der Waals surface area contributed by atoms with Crippen LogP contribution in [-0.4, -0.2) is 21.6 Å². The number of benzene rings is 2. The van der Waals surface area contributed by atoms with Crippen molar-refractivity contribution in [3.05, 3.63) is 104 Å². The number of hydrogen-bond acceptors (Lipinski definition) is 3. The molecule has 0 unspecified atom stereocenters. The largest absolute Gasteiger partial charge is 0.481 e. The molecule has 6 nitrogen and oxygen atoms in total. The number of carbonyl (C=O) groups is 2.